The fraction of sp³-hybridized carbons (Fsp3) is 0.100. The molecule has 0 aromatic carbocycles. The first-order valence-corrected chi connectivity index (χ1v) is 4.40. The number of carboxylic acids is 1. The highest BCUT2D eigenvalue weighted by Crippen LogP contribution is 2.07. The number of imidazole rings is 1. The minimum atomic E-state index is -1.01. The number of nitrogens with zero attached hydrogens (tertiary/aromatic N) is 3. The largest absolute Gasteiger partial charge is 0.477 e. The summed E-state index contributed by atoms with van der Waals surface area (Å²) in [7, 11) is 0. The topological polar surface area (TPSA) is 68.0 Å². The van der Waals surface area contributed by atoms with Gasteiger partial charge in [0.2, 0.25) is 0 Å². The van der Waals surface area contributed by atoms with E-state index in [0.29, 0.717) is 12.1 Å². The molecule has 15 heavy (non-hydrogen) atoms. The molecular formula is C10H9N3O2. The van der Waals surface area contributed by atoms with E-state index in [2.05, 4.69) is 9.97 Å². The standard InChI is InChI=1S/C10H9N3O2/c14-10(15)9-8(2-1-3-12-9)6-13-5-4-11-7-13/h1-5,7H,6H2,(H,14,15). The predicted molar refractivity (Wildman–Crippen MR) is 52.5 cm³/mol. The number of aromatic nitrogens is 3. The van der Waals surface area contributed by atoms with Crippen molar-refractivity contribution in [2.24, 2.45) is 0 Å². The summed E-state index contributed by atoms with van der Waals surface area (Å²) < 4.78 is 1.80. The van der Waals surface area contributed by atoms with Crippen molar-refractivity contribution in [1.82, 2.24) is 14.5 Å². The maximum atomic E-state index is 10.9. The van der Waals surface area contributed by atoms with Gasteiger partial charge in [-0.2, -0.15) is 0 Å². The van der Waals surface area contributed by atoms with Crippen molar-refractivity contribution >= 4 is 5.97 Å². The van der Waals surface area contributed by atoms with E-state index in [1.807, 2.05) is 0 Å². The number of rotatable bonds is 3. The van der Waals surface area contributed by atoms with Crippen LogP contribution in [-0.4, -0.2) is 25.6 Å². The molecular weight excluding hydrogens is 194 g/mol. The molecule has 0 bridgehead atoms. The zero-order chi connectivity index (χ0) is 10.7. The molecule has 0 aliphatic carbocycles. The maximum Gasteiger partial charge on any atom is 0.354 e. The van der Waals surface area contributed by atoms with E-state index in [4.69, 9.17) is 5.11 Å². The van der Waals surface area contributed by atoms with Gasteiger partial charge in [-0.05, 0) is 6.07 Å². The van der Waals surface area contributed by atoms with Crippen molar-refractivity contribution < 1.29 is 9.90 Å². The van der Waals surface area contributed by atoms with Gasteiger partial charge < -0.3 is 9.67 Å². The molecule has 76 valence electrons. The van der Waals surface area contributed by atoms with Crippen molar-refractivity contribution in [2.45, 2.75) is 6.54 Å². The van der Waals surface area contributed by atoms with Crippen LogP contribution in [0.4, 0.5) is 0 Å². The Morgan fingerprint density at radius 2 is 2.33 bits per heavy atom. The molecule has 0 aliphatic heterocycles. The first kappa shape index (κ1) is 9.39. The third-order valence-corrected chi connectivity index (χ3v) is 2.01. The molecule has 0 saturated carbocycles. The van der Waals surface area contributed by atoms with Gasteiger partial charge in [-0.25, -0.2) is 14.8 Å². The fourth-order valence-corrected chi connectivity index (χ4v) is 1.34. The van der Waals surface area contributed by atoms with Crippen LogP contribution in [0.3, 0.4) is 0 Å². The second-order valence-electron chi connectivity index (χ2n) is 3.05. The summed E-state index contributed by atoms with van der Waals surface area (Å²) in [4.78, 5) is 18.6. The second-order valence-corrected chi connectivity index (χ2v) is 3.05. The van der Waals surface area contributed by atoms with Crippen molar-refractivity contribution in [3.8, 4) is 0 Å². The number of pyridine rings is 1. The highest BCUT2D eigenvalue weighted by Gasteiger charge is 2.10. The van der Waals surface area contributed by atoms with E-state index < -0.39 is 5.97 Å². The summed E-state index contributed by atoms with van der Waals surface area (Å²) in [6.07, 6.45) is 6.54. The fourth-order valence-electron chi connectivity index (χ4n) is 1.34. The summed E-state index contributed by atoms with van der Waals surface area (Å²) in [5, 5.41) is 8.91. The Morgan fingerprint density at radius 3 is 3.00 bits per heavy atom. The lowest BCUT2D eigenvalue weighted by molar-refractivity contribution is 0.0689. The Labute approximate surface area is 86.0 Å². The van der Waals surface area contributed by atoms with Gasteiger partial charge in [-0.3, -0.25) is 0 Å². The van der Waals surface area contributed by atoms with Crippen LogP contribution in [0.15, 0.2) is 37.1 Å². The van der Waals surface area contributed by atoms with Crippen LogP contribution in [0, 0.1) is 0 Å². The molecule has 2 rings (SSSR count). The van der Waals surface area contributed by atoms with Crippen molar-refractivity contribution in [1.29, 1.82) is 0 Å². The van der Waals surface area contributed by atoms with E-state index in [1.165, 1.54) is 6.20 Å². The average molecular weight is 203 g/mol. The van der Waals surface area contributed by atoms with Gasteiger partial charge in [0, 0.05) is 24.2 Å². The van der Waals surface area contributed by atoms with E-state index in [-0.39, 0.29) is 5.69 Å². The molecule has 0 saturated heterocycles. The summed E-state index contributed by atoms with van der Waals surface area (Å²) in [5.41, 5.74) is 0.759. The van der Waals surface area contributed by atoms with Crippen molar-refractivity contribution in [3.63, 3.8) is 0 Å². The molecule has 5 heteroatoms. The first-order chi connectivity index (χ1) is 7.27. The van der Waals surface area contributed by atoms with E-state index >= 15 is 0 Å². The minimum Gasteiger partial charge on any atom is -0.477 e. The van der Waals surface area contributed by atoms with Gasteiger partial charge in [0.05, 0.1) is 12.9 Å². The third-order valence-electron chi connectivity index (χ3n) is 2.01. The van der Waals surface area contributed by atoms with Gasteiger partial charge in [0.25, 0.3) is 0 Å². The Kier molecular flexibility index (Phi) is 2.45. The second kappa shape index (κ2) is 3.91. The van der Waals surface area contributed by atoms with Gasteiger partial charge in [-0.1, -0.05) is 6.07 Å². The molecule has 2 heterocycles. The van der Waals surface area contributed by atoms with Crippen LogP contribution in [0.1, 0.15) is 16.1 Å². The van der Waals surface area contributed by atoms with Crippen LogP contribution in [0.5, 0.6) is 0 Å². The Morgan fingerprint density at radius 1 is 1.47 bits per heavy atom. The summed E-state index contributed by atoms with van der Waals surface area (Å²) in [6, 6.07) is 3.47. The van der Waals surface area contributed by atoms with Crippen LogP contribution in [-0.2, 0) is 6.54 Å². The Balaban J connectivity index is 2.32. The van der Waals surface area contributed by atoms with E-state index in [1.54, 1.807) is 35.4 Å². The van der Waals surface area contributed by atoms with Crippen LogP contribution in [0.25, 0.3) is 0 Å². The third kappa shape index (κ3) is 2.01. The number of carbonyl (C=O) groups is 1. The summed E-state index contributed by atoms with van der Waals surface area (Å²) in [5.74, 6) is -1.01. The summed E-state index contributed by atoms with van der Waals surface area (Å²) >= 11 is 0. The Hall–Kier alpha value is -2.17. The molecule has 2 aromatic heterocycles. The average Bonchev–Trinajstić information content (AvgIpc) is 2.71. The predicted octanol–water partition coefficient (Wildman–Crippen LogP) is 1.02. The number of carboxylic acid groups (broad SMARTS) is 1. The number of hydrogen-bond donors (Lipinski definition) is 1. The van der Waals surface area contributed by atoms with Crippen LogP contribution < -0.4 is 0 Å². The molecule has 0 atom stereocenters. The zero-order valence-electron chi connectivity index (χ0n) is 7.87. The smallest absolute Gasteiger partial charge is 0.354 e. The lowest BCUT2D eigenvalue weighted by atomic mass is 10.2. The molecule has 0 unspecified atom stereocenters. The van der Waals surface area contributed by atoms with Gasteiger partial charge in [-0.15, -0.1) is 0 Å². The normalized spacial score (nSPS) is 10.1. The highest BCUT2D eigenvalue weighted by atomic mass is 16.4. The van der Waals surface area contributed by atoms with Gasteiger partial charge in [0.15, 0.2) is 5.69 Å². The molecule has 0 amide bonds. The molecule has 0 spiro atoms. The summed E-state index contributed by atoms with van der Waals surface area (Å²) in [6.45, 7) is 0.468. The number of aromatic carboxylic acids is 1. The van der Waals surface area contributed by atoms with Crippen molar-refractivity contribution in [2.75, 3.05) is 0 Å². The van der Waals surface area contributed by atoms with E-state index in [0.717, 1.165) is 0 Å². The minimum absolute atomic E-state index is 0.0891. The molecule has 5 nitrogen and oxygen atoms in total. The lowest BCUT2D eigenvalue weighted by Gasteiger charge is -2.04. The highest BCUT2D eigenvalue weighted by molar-refractivity contribution is 5.86. The SMILES string of the molecule is O=C(O)c1ncccc1Cn1ccnc1. The van der Waals surface area contributed by atoms with Crippen LogP contribution >= 0.6 is 0 Å². The molecule has 0 aliphatic rings. The first-order valence-electron chi connectivity index (χ1n) is 4.40. The molecule has 0 fully saturated rings. The van der Waals surface area contributed by atoms with Crippen molar-refractivity contribution in [3.05, 3.63) is 48.3 Å². The maximum absolute atomic E-state index is 10.9. The molecule has 1 N–H and O–H groups in total. The number of hydrogen-bond acceptors (Lipinski definition) is 3. The monoisotopic (exact) mass is 203 g/mol. The van der Waals surface area contributed by atoms with Gasteiger partial charge >= 0.3 is 5.97 Å². The molecule has 2 aromatic rings. The van der Waals surface area contributed by atoms with E-state index in [9.17, 15) is 4.79 Å². The quantitative estimate of drug-likeness (QED) is 0.808. The van der Waals surface area contributed by atoms with Gasteiger partial charge in [0.1, 0.15) is 0 Å². The Bertz CT molecular complexity index is 465. The zero-order valence-corrected chi connectivity index (χ0v) is 7.87. The van der Waals surface area contributed by atoms with Crippen LogP contribution in [0.2, 0.25) is 0 Å². The lowest BCUT2D eigenvalue weighted by Crippen LogP contribution is -2.08. The molecule has 0 radical (unpaired) electrons.